The summed E-state index contributed by atoms with van der Waals surface area (Å²) < 4.78 is 0. The van der Waals surface area contributed by atoms with Crippen LogP contribution in [-0.2, 0) is 6.42 Å². The summed E-state index contributed by atoms with van der Waals surface area (Å²) in [6.45, 7) is 14.7. The van der Waals surface area contributed by atoms with Crippen LogP contribution in [0.3, 0.4) is 0 Å². The first-order valence-corrected chi connectivity index (χ1v) is 9.42. The van der Waals surface area contributed by atoms with E-state index in [1.54, 1.807) is 0 Å². The van der Waals surface area contributed by atoms with Crippen molar-refractivity contribution >= 4 is 11.8 Å². The average molecular weight is 308 g/mol. The Kier molecular flexibility index (Phi) is 8.43. The zero-order valence-corrected chi connectivity index (χ0v) is 15.5. The van der Waals surface area contributed by atoms with Crippen molar-refractivity contribution in [3.05, 3.63) is 35.4 Å². The fourth-order valence-corrected chi connectivity index (χ4v) is 3.51. The fourth-order valence-electron chi connectivity index (χ4n) is 2.32. The van der Waals surface area contributed by atoms with Crippen LogP contribution >= 0.6 is 11.8 Å². The van der Waals surface area contributed by atoms with Crippen LogP contribution < -0.4 is 5.32 Å². The molecule has 0 saturated heterocycles. The molecule has 0 amide bonds. The largest absolute Gasteiger partial charge is 0.310 e. The molecule has 1 nitrogen and oxygen atoms in total. The van der Waals surface area contributed by atoms with Crippen molar-refractivity contribution in [3.8, 4) is 0 Å². The number of benzene rings is 1. The van der Waals surface area contributed by atoms with Crippen molar-refractivity contribution in [3.63, 3.8) is 0 Å². The van der Waals surface area contributed by atoms with Crippen molar-refractivity contribution in [1.29, 1.82) is 0 Å². The van der Waals surface area contributed by atoms with E-state index in [1.165, 1.54) is 17.5 Å². The first-order chi connectivity index (χ1) is 9.93. The Morgan fingerprint density at radius 2 is 1.62 bits per heavy atom. The molecular formula is C19H33NS. The van der Waals surface area contributed by atoms with E-state index in [9.17, 15) is 0 Å². The molecule has 0 bridgehead atoms. The summed E-state index contributed by atoms with van der Waals surface area (Å²) in [6.07, 6.45) is 1.17. The summed E-state index contributed by atoms with van der Waals surface area (Å²) in [7, 11) is 0. The van der Waals surface area contributed by atoms with Crippen molar-refractivity contribution in [2.24, 2.45) is 11.8 Å². The number of hydrogen-bond donors (Lipinski definition) is 1. The van der Waals surface area contributed by atoms with Gasteiger partial charge in [-0.15, -0.1) is 0 Å². The lowest BCUT2D eigenvalue weighted by Gasteiger charge is -2.22. The Morgan fingerprint density at radius 1 is 1.00 bits per heavy atom. The van der Waals surface area contributed by atoms with Crippen molar-refractivity contribution < 1.29 is 0 Å². The zero-order chi connectivity index (χ0) is 15.8. The van der Waals surface area contributed by atoms with Gasteiger partial charge < -0.3 is 5.32 Å². The summed E-state index contributed by atoms with van der Waals surface area (Å²) in [5, 5.41) is 4.35. The minimum absolute atomic E-state index is 0.467. The van der Waals surface area contributed by atoms with Gasteiger partial charge in [-0.1, -0.05) is 65.8 Å². The first kappa shape index (κ1) is 18.6. The highest BCUT2D eigenvalue weighted by Gasteiger charge is 2.14. The van der Waals surface area contributed by atoms with Crippen LogP contribution in [0.25, 0.3) is 0 Å². The second-order valence-electron chi connectivity index (χ2n) is 6.73. The van der Waals surface area contributed by atoms with Gasteiger partial charge in [0.2, 0.25) is 0 Å². The Labute approximate surface area is 136 Å². The maximum Gasteiger partial charge on any atom is 0.0411 e. The molecule has 2 heteroatoms. The molecule has 0 aliphatic heterocycles. The monoisotopic (exact) mass is 307 g/mol. The minimum Gasteiger partial charge on any atom is -0.310 e. The minimum atomic E-state index is 0.467. The highest BCUT2D eigenvalue weighted by Crippen LogP contribution is 2.25. The van der Waals surface area contributed by atoms with Gasteiger partial charge in [-0.05, 0) is 35.9 Å². The Balaban J connectivity index is 2.66. The van der Waals surface area contributed by atoms with Crippen LogP contribution in [0.2, 0.25) is 0 Å². The van der Waals surface area contributed by atoms with Crippen LogP contribution in [-0.4, -0.2) is 17.5 Å². The van der Waals surface area contributed by atoms with Crippen molar-refractivity contribution in [1.82, 2.24) is 5.32 Å². The highest BCUT2D eigenvalue weighted by molar-refractivity contribution is 7.99. The van der Waals surface area contributed by atoms with Gasteiger partial charge in [-0.2, -0.15) is 11.8 Å². The van der Waals surface area contributed by atoms with Gasteiger partial charge in [-0.3, -0.25) is 0 Å². The van der Waals surface area contributed by atoms with Crippen LogP contribution in [0.5, 0.6) is 0 Å². The second kappa shape index (κ2) is 9.53. The quantitative estimate of drug-likeness (QED) is 0.663. The molecule has 0 aliphatic carbocycles. The Morgan fingerprint density at radius 3 is 2.10 bits per heavy atom. The molecular weight excluding hydrogens is 274 g/mol. The summed E-state index contributed by atoms with van der Waals surface area (Å²) in [5.41, 5.74) is 2.88. The molecule has 0 aliphatic rings. The fraction of sp³-hybridized carbons (Fsp3) is 0.684. The lowest BCUT2D eigenvalue weighted by Crippen LogP contribution is -2.24. The molecule has 1 N–H and O–H groups in total. The number of thioether (sulfide) groups is 1. The van der Waals surface area contributed by atoms with Crippen LogP contribution in [0, 0.1) is 11.8 Å². The van der Waals surface area contributed by atoms with Gasteiger partial charge in [0, 0.05) is 17.0 Å². The van der Waals surface area contributed by atoms with E-state index in [-0.39, 0.29) is 0 Å². The second-order valence-corrected chi connectivity index (χ2v) is 8.14. The van der Waals surface area contributed by atoms with Gasteiger partial charge in [-0.25, -0.2) is 0 Å². The summed E-state index contributed by atoms with van der Waals surface area (Å²) in [5.74, 6) is 2.62. The maximum absolute atomic E-state index is 3.63. The molecule has 0 fully saturated rings. The van der Waals surface area contributed by atoms with Gasteiger partial charge >= 0.3 is 0 Å². The summed E-state index contributed by atoms with van der Waals surface area (Å²) >= 11 is 2.08. The molecule has 21 heavy (non-hydrogen) atoms. The van der Waals surface area contributed by atoms with E-state index < -0.39 is 0 Å². The van der Waals surface area contributed by atoms with E-state index in [0.29, 0.717) is 11.3 Å². The normalized spacial score (nSPS) is 14.7. The molecule has 0 saturated carbocycles. The van der Waals surface area contributed by atoms with E-state index in [2.05, 4.69) is 82.9 Å². The van der Waals surface area contributed by atoms with Gasteiger partial charge in [0.1, 0.15) is 0 Å². The first-order valence-electron chi connectivity index (χ1n) is 8.37. The van der Waals surface area contributed by atoms with Crippen molar-refractivity contribution in [2.45, 2.75) is 59.3 Å². The van der Waals surface area contributed by atoms with Gasteiger partial charge in [0.05, 0.1) is 0 Å². The number of nitrogens with one attached hydrogen (secondary N) is 1. The summed E-state index contributed by atoms with van der Waals surface area (Å²) in [4.78, 5) is 0. The zero-order valence-electron chi connectivity index (χ0n) is 14.6. The molecule has 0 heterocycles. The van der Waals surface area contributed by atoms with E-state index >= 15 is 0 Å². The third-order valence-electron chi connectivity index (χ3n) is 3.94. The molecule has 120 valence electrons. The van der Waals surface area contributed by atoms with E-state index in [0.717, 1.165) is 24.1 Å². The maximum atomic E-state index is 3.63. The average Bonchev–Trinajstić information content (AvgIpc) is 2.43. The van der Waals surface area contributed by atoms with E-state index in [4.69, 9.17) is 0 Å². The lowest BCUT2D eigenvalue weighted by atomic mass is 10.00. The van der Waals surface area contributed by atoms with Gasteiger partial charge in [0.15, 0.2) is 0 Å². The Bertz CT molecular complexity index is 383. The summed E-state index contributed by atoms with van der Waals surface area (Å²) in [6, 6.07) is 9.69. The van der Waals surface area contributed by atoms with E-state index in [1.807, 2.05) is 0 Å². The van der Waals surface area contributed by atoms with Crippen molar-refractivity contribution in [2.75, 3.05) is 12.3 Å². The lowest BCUT2D eigenvalue weighted by molar-refractivity contribution is 0.597. The number of rotatable bonds is 9. The smallest absolute Gasteiger partial charge is 0.0411 e. The molecule has 0 spiro atoms. The predicted molar refractivity (Wildman–Crippen MR) is 98.2 cm³/mol. The third kappa shape index (κ3) is 6.88. The standard InChI is InChI=1S/C19H33NS/c1-7-20-19(13-21-16(6)15(4)5)18-10-8-17(9-11-18)12-14(2)3/h8-11,14-16,19-20H,7,12-13H2,1-6H3. The van der Waals surface area contributed by atoms with Crippen LogP contribution in [0.4, 0.5) is 0 Å². The molecule has 0 aromatic heterocycles. The third-order valence-corrected chi connectivity index (χ3v) is 5.54. The Hall–Kier alpha value is -0.470. The number of hydrogen-bond acceptors (Lipinski definition) is 2. The SMILES string of the molecule is CCNC(CSC(C)C(C)C)c1ccc(CC(C)C)cc1. The van der Waals surface area contributed by atoms with Crippen LogP contribution in [0.15, 0.2) is 24.3 Å². The molecule has 1 rings (SSSR count). The highest BCUT2D eigenvalue weighted by atomic mass is 32.2. The predicted octanol–water partition coefficient (Wildman–Crippen LogP) is 5.31. The van der Waals surface area contributed by atoms with Gasteiger partial charge in [0.25, 0.3) is 0 Å². The molecule has 1 aromatic carbocycles. The molecule has 0 radical (unpaired) electrons. The molecule has 1 aromatic rings. The topological polar surface area (TPSA) is 12.0 Å². The molecule has 2 unspecified atom stereocenters. The van der Waals surface area contributed by atoms with Crippen LogP contribution in [0.1, 0.15) is 58.7 Å². The molecule has 2 atom stereocenters.